The molecule has 2 aromatic heterocycles. The Hall–Kier alpha value is -2.97. The molecule has 1 aliphatic heterocycles. The highest BCUT2D eigenvalue weighted by Crippen LogP contribution is 2.08. The van der Waals surface area contributed by atoms with Crippen molar-refractivity contribution in [1.29, 1.82) is 0 Å². The highest BCUT2D eigenvalue weighted by atomic mass is 15.3. The lowest BCUT2D eigenvalue weighted by atomic mass is 10.2. The van der Waals surface area contributed by atoms with Crippen molar-refractivity contribution < 1.29 is 0 Å². The maximum absolute atomic E-state index is 4.32. The van der Waals surface area contributed by atoms with E-state index in [2.05, 4.69) is 66.0 Å². The Kier molecular flexibility index (Phi) is 6.89. The second-order valence-electron chi connectivity index (χ2n) is 7.50. The van der Waals surface area contributed by atoms with E-state index in [1.807, 2.05) is 28.8 Å². The van der Waals surface area contributed by atoms with Crippen LogP contribution in [0.25, 0.3) is 5.65 Å². The van der Waals surface area contributed by atoms with Gasteiger partial charge in [-0.05, 0) is 17.7 Å². The van der Waals surface area contributed by atoms with Crippen molar-refractivity contribution in [2.45, 2.75) is 13.1 Å². The molecule has 0 atom stereocenters. The molecule has 0 unspecified atom stereocenters. The van der Waals surface area contributed by atoms with E-state index in [0.717, 1.165) is 63.2 Å². The number of nitrogens with zero attached hydrogens (tertiary/aromatic N) is 6. The summed E-state index contributed by atoms with van der Waals surface area (Å²) in [5.74, 6) is 1.65. The molecule has 1 aromatic carbocycles. The van der Waals surface area contributed by atoms with E-state index in [1.165, 1.54) is 5.56 Å². The van der Waals surface area contributed by atoms with Gasteiger partial charge in [0, 0.05) is 59.1 Å². The van der Waals surface area contributed by atoms with Gasteiger partial charge in [-0.3, -0.25) is 19.2 Å². The van der Waals surface area contributed by atoms with E-state index >= 15 is 0 Å². The molecule has 8 nitrogen and oxygen atoms in total. The molecule has 30 heavy (non-hydrogen) atoms. The van der Waals surface area contributed by atoms with Crippen molar-refractivity contribution in [3.8, 4) is 0 Å². The average molecular weight is 407 g/mol. The number of benzene rings is 1. The molecule has 3 heterocycles. The van der Waals surface area contributed by atoms with Crippen LogP contribution in [0, 0.1) is 0 Å². The molecule has 0 radical (unpaired) electrons. The van der Waals surface area contributed by atoms with Gasteiger partial charge in [-0.1, -0.05) is 36.4 Å². The van der Waals surface area contributed by atoms with Gasteiger partial charge < -0.3 is 10.6 Å². The van der Waals surface area contributed by atoms with Gasteiger partial charge in [0.05, 0.1) is 6.54 Å². The molecule has 158 valence electrons. The molecule has 0 saturated carbocycles. The molecular weight excluding hydrogens is 376 g/mol. The molecule has 3 aromatic rings. The third-order valence-electron chi connectivity index (χ3n) is 5.46. The predicted octanol–water partition coefficient (Wildman–Crippen LogP) is 1.21. The molecule has 0 amide bonds. The molecule has 0 aliphatic carbocycles. The van der Waals surface area contributed by atoms with Crippen LogP contribution in [0.1, 0.15) is 11.4 Å². The molecule has 2 N–H and O–H groups in total. The van der Waals surface area contributed by atoms with Gasteiger partial charge in [-0.15, -0.1) is 10.2 Å². The molecule has 4 rings (SSSR count). The first-order chi connectivity index (χ1) is 14.8. The van der Waals surface area contributed by atoms with E-state index in [1.54, 1.807) is 7.05 Å². The van der Waals surface area contributed by atoms with Gasteiger partial charge >= 0.3 is 0 Å². The lowest BCUT2D eigenvalue weighted by Gasteiger charge is -2.34. The normalized spacial score (nSPS) is 16.1. The largest absolute Gasteiger partial charge is 0.355 e. The fraction of sp³-hybridized carbons (Fsp3) is 0.409. The number of hydrogen-bond donors (Lipinski definition) is 2. The zero-order valence-electron chi connectivity index (χ0n) is 17.5. The van der Waals surface area contributed by atoms with Gasteiger partial charge in [0.25, 0.3) is 0 Å². The summed E-state index contributed by atoms with van der Waals surface area (Å²) in [6, 6.07) is 16.6. The summed E-state index contributed by atoms with van der Waals surface area (Å²) in [7, 11) is 1.79. The van der Waals surface area contributed by atoms with Crippen molar-refractivity contribution in [1.82, 2.24) is 35.0 Å². The Morgan fingerprint density at radius 3 is 2.50 bits per heavy atom. The summed E-state index contributed by atoms with van der Waals surface area (Å²) < 4.78 is 1.98. The zero-order valence-corrected chi connectivity index (χ0v) is 17.5. The smallest absolute Gasteiger partial charge is 0.191 e. The van der Waals surface area contributed by atoms with Gasteiger partial charge in [0.2, 0.25) is 0 Å². The van der Waals surface area contributed by atoms with Crippen LogP contribution in [0.3, 0.4) is 0 Å². The fourth-order valence-electron chi connectivity index (χ4n) is 3.74. The molecule has 1 fully saturated rings. The highest BCUT2D eigenvalue weighted by molar-refractivity contribution is 5.79. The summed E-state index contributed by atoms with van der Waals surface area (Å²) in [4.78, 5) is 9.36. The van der Waals surface area contributed by atoms with Gasteiger partial charge in [-0.25, -0.2) is 0 Å². The summed E-state index contributed by atoms with van der Waals surface area (Å²) >= 11 is 0. The van der Waals surface area contributed by atoms with Crippen LogP contribution in [-0.4, -0.2) is 76.7 Å². The quantitative estimate of drug-likeness (QED) is 0.454. The maximum atomic E-state index is 4.32. The monoisotopic (exact) mass is 406 g/mol. The van der Waals surface area contributed by atoms with E-state index in [0.29, 0.717) is 6.54 Å². The molecule has 1 saturated heterocycles. The van der Waals surface area contributed by atoms with Crippen LogP contribution in [0.2, 0.25) is 0 Å². The van der Waals surface area contributed by atoms with Gasteiger partial charge in [0.1, 0.15) is 0 Å². The molecule has 1 aliphatic rings. The summed E-state index contributed by atoms with van der Waals surface area (Å²) in [5, 5.41) is 15.2. The van der Waals surface area contributed by atoms with Crippen LogP contribution in [0.5, 0.6) is 0 Å². The van der Waals surface area contributed by atoms with E-state index in [4.69, 9.17) is 0 Å². The standard InChI is InChI=1S/C22H30N8/c1-23-22(25-17-21-27-26-20-9-5-6-11-30(20)21)24-10-12-28-13-15-29(16-14-28)18-19-7-3-2-4-8-19/h2-9,11H,10,12-18H2,1H3,(H2,23,24,25). The Labute approximate surface area is 177 Å². The van der Waals surface area contributed by atoms with Crippen LogP contribution in [-0.2, 0) is 13.1 Å². The van der Waals surface area contributed by atoms with Gasteiger partial charge in [-0.2, -0.15) is 0 Å². The average Bonchev–Trinajstić information content (AvgIpc) is 3.21. The maximum Gasteiger partial charge on any atom is 0.191 e. The molecular formula is C22H30N8. The number of nitrogens with one attached hydrogen (secondary N) is 2. The highest BCUT2D eigenvalue weighted by Gasteiger charge is 2.16. The first-order valence-electron chi connectivity index (χ1n) is 10.5. The summed E-state index contributed by atoms with van der Waals surface area (Å²) in [6.07, 6.45) is 1.97. The third kappa shape index (κ3) is 5.34. The van der Waals surface area contributed by atoms with E-state index in [9.17, 15) is 0 Å². The number of hydrogen-bond acceptors (Lipinski definition) is 5. The SMILES string of the molecule is CN=C(NCCN1CCN(Cc2ccccc2)CC1)NCc1nnc2ccccn12. The van der Waals surface area contributed by atoms with Gasteiger partial charge in [0.15, 0.2) is 17.4 Å². The summed E-state index contributed by atoms with van der Waals surface area (Å²) in [6.45, 7) is 7.92. The number of aromatic nitrogens is 3. The Morgan fingerprint density at radius 2 is 1.70 bits per heavy atom. The lowest BCUT2D eigenvalue weighted by molar-refractivity contribution is 0.129. The second kappa shape index (κ2) is 10.2. The Bertz CT molecular complexity index is 944. The minimum atomic E-state index is 0.572. The van der Waals surface area contributed by atoms with Crippen LogP contribution in [0.15, 0.2) is 59.7 Å². The van der Waals surface area contributed by atoms with E-state index < -0.39 is 0 Å². The molecule has 8 heteroatoms. The number of piperazine rings is 1. The Morgan fingerprint density at radius 1 is 0.933 bits per heavy atom. The minimum Gasteiger partial charge on any atom is -0.355 e. The van der Waals surface area contributed by atoms with Crippen LogP contribution >= 0.6 is 0 Å². The number of rotatable bonds is 7. The first kappa shape index (κ1) is 20.3. The van der Waals surface area contributed by atoms with Crippen molar-refractivity contribution >= 4 is 11.6 Å². The Balaban J connectivity index is 1.16. The predicted molar refractivity (Wildman–Crippen MR) is 119 cm³/mol. The number of guanidine groups is 1. The third-order valence-corrected chi connectivity index (χ3v) is 5.46. The second-order valence-corrected chi connectivity index (χ2v) is 7.50. The van der Waals surface area contributed by atoms with Crippen molar-refractivity contribution in [3.63, 3.8) is 0 Å². The topological polar surface area (TPSA) is 73.1 Å². The first-order valence-corrected chi connectivity index (χ1v) is 10.5. The van der Waals surface area contributed by atoms with Crippen molar-refractivity contribution in [2.75, 3.05) is 46.3 Å². The van der Waals surface area contributed by atoms with E-state index in [-0.39, 0.29) is 0 Å². The minimum absolute atomic E-state index is 0.572. The van der Waals surface area contributed by atoms with Crippen molar-refractivity contribution in [2.24, 2.45) is 4.99 Å². The van der Waals surface area contributed by atoms with Crippen molar-refractivity contribution in [3.05, 3.63) is 66.1 Å². The number of fused-ring (bicyclic) bond motifs is 1. The molecule has 0 bridgehead atoms. The van der Waals surface area contributed by atoms with Crippen LogP contribution in [0.4, 0.5) is 0 Å². The lowest BCUT2D eigenvalue weighted by Crippen LogP contribution is -2.48. The molecule has 0 spiro atoms. The fourth-order valence-corrected chi connectivity index (χ4v) is 3.74. The summed E-state index contributed by atoms with van der Waals surface area (Å²) in [5.41, 5.74) is 2.24. The number of pyridine rings is 1. The number of aliphatic imine (C=N–C) groups is 1. The van der Waals surface area contributed by atoms with Crippen LogP contribution < -0.4 is 10.6 Å². The zero-order chi connectivity index (χ0) is 20.6.